The van der Waals surface area contributed by atoms with Crippen LogP contribution >= 0.6 is 0 Å². The summed E-state index contributed by atoms with van der Waals surface area (Å²) in [5, 5.41) is 2.65. The summed E-state index contributed by atoms with van der Waals surface area (Å²) in [7, 11) is 2.99. The molecule has 2 aromatic rings. The zero-order chi connectivity index (χ0) is 18.2. The quantitative estimate of drug-likeness (QED) is 0.769. The van der Waals surface area contributed by atoms with Crippen molar-refractivity contribution in [3.63, 3.8) is 0 Å². The number of benzene rings is 2. The number of halogens is 2. The van der Waals surface area contributed by atoms with Crippen molar-refractivity contribution in [2.24, 2.45) is 0 Å². The Balaban J connectivity index is 2.12. The van der Waals surface area contributed by atoms with Crippen molar-refractivity contribution in [3.8, 4) is 17.2 Å². The number of carbonyl (C=O) groups excluding carboxylic acids is 1. The molecule has 0 spiro atoms. The van der Waals surface area contributed by atoms with Crippen molar-refractivity contribution in [3.05, 3.63) is 54.1 Å². The van der Waals surface area contributed by atoms with E-state index < -0.39 is 12.5 Å². The summed E-state index contributed by atoms with van der Waals surface area (Å²) in [6.07, 6.45) is 2.61. The van der Waals surface area contributed by atoms with Gasteiger partial charge in [-0.15, -0.1) is 0 Å². The second-order valence-electron chi connectivity index (χ2n) is 4.81. The predicted molar refractivity (Wildman–Crippen MR) is 90.3 cm³/mol. The second kappa shape index (κ2) is 8.68. The molecule has 0 aliphatic rings. The van der Waals surface area contributed by atoms with E-state index >= 15 is 0 Å². The summed E-state index contributed by atoms with van der Waals surface area (Å²) in [6.45, 7) is -2.94. The molecule has 0 fully saturated rings. The van der Waals surface area contributed by atoms with E-state index in [1.807, 2.05) is 0 Å². The van der Waals surface area contributed by atoms with Crippen molar-refractivity contribution in [1.29, 1.82) is 0 Å². The Morgan fingerprint density at radius 2 is 1.84 bits per heavy atom. The van der Waals surface area contributed by atoms with Crippen molar-refractivity contribution < 1.29 is 27.8 Å². The smallest absolute Gasteiger partial charge is 0.387 e. The number of nitrogens with one attached hydrogen (secondary N) is 1. The van der Waals surface area contributed by atoms with Crippen LogP contribution < -0.4 is 19.5 Å². The van der Waals surface area contributed by atoms with E-state index in [-0.39, 0.29) is 5.75 Å². The molecule has 1 N–H and O–H groups in total. The fraction of sp³-hybridized carbons (Fsp3) is 0.167. The number of rotatable bonds is 7. The molecular weight excluding hydrogens is 332 g/mol. The lowest BCUT2D eigenvalue weighted by Gasteiger charge is -2.10. The van der Waals surface area contributed by atoms with Crippen LogP contribution in [0.3, 0.4) is 0 Å². The van der Waals surface area contributed by atoms with Crippen LogP contribution in [0, 0.1) is 0 Å². The number of amides is 1. The Morgan fingerprint density at radius 3 is 2.52 bits per heavy atom. The Morgan fingerprint density at radius 1 is 1.08 bits per heavy atom. The standard InChI is InChI=1S/C18H17F2NO4/c1-23-13-8-9-14(16(11-13)24-2)21-17(22)10-7-12-5-3-4-6-15(12)25-18(19)20/h3-11,18H,1-2H3,(H,21,22). The Kier molecular flexibility index (Phi) is 6.33. The van der Waals surface area contributed by atoms with E-state index in [1.54, 1.807) is 36.4 Å². The first-order valence-electron chi connectivity index (χ1n) is 7.28. The van der Waals surface area contributed by atoms with E-state index in [9.17, 15) is 13.6 Å². The van der Waals surface area contributed by atoms with Gasteiger partial charge >= 0.3 is 6.61 Å². The Hall–Kier alpha value is -3.09. The summed E-state index contributed by atoms with van der Waals surface area (Å²) < 4.78 is 39.4. The third kappa shape index (κ3) is 5.20. The molecule has 0 aliphatic heterocycles. The van der Waals surface area contributed by atoms with E-state index in [1.165, 1.54) is 32.4 Å². The van der Waals surface area contributed by atoms with Crippen LogP contribution in [0.15, 0.2) is 48.5 Å². The summed E-state index contributed by atoms with van der Waals surface area (Å²) in [4.78, 5) is 12.1. The van der Waals surface area contributed by atoms with Gasteiger partial charge in [0.1, 0.15) is 17.2 Å². The minimum atomic E-state index is -2.94. The Labute approximate surface area is 143 Å². The minimum absolute atomic E-state index is 0.0106. The van der Waals surface area contributed by atoms with Crippen molar-refractivity contribution in [2.75, 3.05) is 19.5 Å². The first-order valence-corrected chi connectivity index (χ1v) is 7.28. The minimum Gasteiger partial charge on any atom is -0.497 e. The molecule has 1 amide bonds. The van der Waals surface area contributed by atoms with Gasteiger partial charge in [0.2, 0.25) is 5.91 Å². The lowest BCUT2D eigenvalue weighted by Crippen LogP contribution is -2.09. The maximum atomic E-state index is 12.4. The van der Waals surface area contributed by atoms with Crippen LogP contribution in [0.2, 0.25) is 0 Å². The normalized spacial score (nSPS) is 10.8. The van der Waals surface area contributed by atoms with Crippen molar-refractivity contribution in [1.82, 2.24) is 0 Å². The molecule has 132 valence electrons. The summed E-state index contributed by atoms with van der Waals surface area (Å²) in [5.41, 5.74) is 0.815. The number of alkyl halides is 2. The molecule has 0 radical (unpaired) electrons. The first kappa shape index (κ1) is 18.3. The molecule has 0 heterocycles. The van der Waals surface area contributed by atoms with Gasteiger partial charge in [-0.05, 0) is 24.3 Å². The summed E-state index contributed by atoms with van der Waals surface area (Å²) in [6, 6.07) is 11.1. The van der Waals surface area contributed by atoms with Gasteiger partial charge in [0, 0.05) is 17.7 Å². The molecule has 2 rings (SSSR count). The number of hydrogen-bond acceptors (Lipinski definition) is 4. The van der Waals surface area contributed by atoms with E-state index in [0.717, 1.165) is 0 Å². The number of ether oxygens (including phenoxy) is 3. The summed E-state index contributed by atoms with van der Waals surface area (Å²) >= 11 is 0. The second-order valence-corrected chi connectivity index (χ2v) is 4.81. The van der Waals surface area contributed by atoms with Gasteiger partial charge in [0.15, 0.2) is 0 Å². The van der Waals surface area contributed by atoms with Crippen molar-refractivity contribution >= 4 is 17.7 Å². The topological polar surface area (TPSA) is 56.8 Å². The number of methoxy groups -OCH3 is 2. The zero-order valence-electron chi connectivity index (χ0n) is 13.7. The molecule has 0 atom stereocenters. The van der Waals surface area contributed by atoms with Crippen LogP contribution in [0.5, 0.6) is 17.2 Å². The van der Waals surface area contributed by atoms with Crippen LogP contribution in [-0.4, -0.2) is 26.7 Å². The largest absolute Gasteiger partial charge is 0.497 e. The van der Waals surface area contributed by atoms with Crippen LogP contribution in [-0.2, 0) is 4.79 Å². The number of hydrogen-bond donors (Lipinski definition) is 1. The first-order chi connectivity index (χ1) is 12.0. The van der Waals surface area contributed by atoms with Crippen LogP contribution in [0.1, 0.15) is 5.56 Å². The van der Waals surface area contributed by atoms with Crippen LogP contribution in [0.25, 0.3) is 6.08 Å². The van der Waals surface area contributed by atoms with Gasteiger partial charge in [-0.2, -0.15) is 8.78 Å². The number of anilines is 1. The Bertz CT molecular complexity index is 762. The number of carbonyl (C=O) groups is 1. The average Bonchev–Trinajstić information content (AvgIpc) is 2.61. The van der Waals surface area contributed by atoms with Gasteiger partial charge in [0.05, 0.1) is 19.9 Å². The lowest BCUT2D eigenvalue weighted by molar-refractivity contribution is -0.111. The number of para-hydroxylation sites is 1. The predicted octanol–water partition coefficient (Wildman–Crippen LogP) is 3.96. The maximum absolute atomic E-state index is 12.4. The molecule has 7 heteroatoms. The molecule has 0 aliphatic carbocycles. The van der Waals surface area contributed by atoms with E-state index in [4.69, 9.17) is 9.47 Å². The zero-order valence-corrected chi connectivity index (χ0v) is 13.7. The summed E-state index contributed by atoms with van der Waals surface area (Å²) in [5.74, 6) is 0.560. The highest BCUT2D eigenvalue weighted by atomic mass is 19.3. The third-order valence-electron chi connectivity index (χ3n) is 3.22. The molecule has 0 bridgehead atoms. The molecule has 2 aromatic carbocycles. The van der Waals surface area contributed by atoms with Gasteiger partial charge < -0.3 is 19.5 Å². The molecule has 0 unspecified atom stereocenters. The molecule has 5 nitrogen and oxygen atoms in total. The highest BCUT2D eigenvalue weighted by molar-refractivity contribution is 6.03. The SMILES string of the molecule is COc1ccc(NC(=O)C=Cc2ccccc2OC(F)F)c(OC)c1. The van der Waals surface area contributed by atoms with Gasteiger partial charge in [0.25, 0.3) is 0 Å². The van der Waals surface area contributed by atoms with Gasteiger partial charge in [-0.3, -0.25) is 4.79 Å². The highest BCUT2D eigenvalue weighted by Crippen LogP contribution is 2.29. The fourth-order valence-electron chi connectivity index (χ4n) is 2.06. The van der Waals surface area contributed by atoms with Crippen molar-refractivity contribution in [2.45, 2.75) is 6.61 Å². The molecule has 0 aromatic heterocycles. The van der Waals surface area contributed by atoms with Gasteiger partial charge in [-0.25, -0.2) is 0 Å². The molecule has 0 saturated carbocycles. The fourth-order valence-corrected chi connectivity index (χ4v) is 2.06. The molecular formula is C18H17F2NO4. The molecule has 25 heavy (non-hydrogen) atoms. The lowest BCUT2D eigenvalue weighted by atomic mass is 10.2. The van der Waals surface area contributed by atoms with E-state index in [0.29, 0.717) is 22.7 Å². The highest BCUT2D eigenvalue weighted by Gasteiger charge is 2.09. The van der Waals surface area contributed by atoms with Gasteiger partial charge in [-0.1, -0.05) is 18.2 Å². The maximum Gasteiger partial charge on any atom is 0.387 e. The van der Waals surface area contributed by atoms with Crippen LogP contribution in [0.4, 0.5) is 14.5 Å². The molecule has 0 saturated heterocycles. The third-order valence-corrected chi connectivity index (χ3v) is 3.22. The average molecular weight is 349 g/mol. The van der Waals surface area contributed by atoms with E-state index in [2.05, 4.69) is 10.1 Å². The monoisotopic (exact) mass is 349 g/mol.